The lowest BCUT2D eigenvalue weighted by Gasteiger charge is -2.33. The van der Waals surface area contributed by atoms with Crippen molar-refractivity contribution in [1.82, 2.24) is 4.90 Å². The SMILES string of the molecule is COc1ccc(C(=O)C2CCN(C(=O)CCC(C)(C)C3=NC(=O)C4C=CC=CC4=N3)CC2)cc1. The number of allylic oxidation sites excluding steroid dienone is 3. The van der Waals surface area contributed by atoms with Gasteiger partial charge in [-0.15, -0.1) is 0 Å². The minimum absolute atomic E-state index is 0.0668. The Hall–Kier alpha value is -3.35. The Balaban J connectivity index is 1.29. The lowest BCUT2D eigenvalue weighted by molar-refractivity contribution is -0.132. The second-order valence-corrected chi connectivity index (χ2v) is 9.66. The first-order chi connectivity index (χ1) is 16.3. The van der Waals surface area contributed by atoms with E-state index < -0.39 is 11.3 Å². The molecule has 7 nitrogen and oxygen atoms in total. The summed E-state index contributed by atoms with van der Waals surface area (Å²) in [4.78, 5) is 48.9. The largest absolute Gasteiger partial charge is 0.497 e. The van der Waals surface area contributed by atoms with E-state index in [0.29, 0.717) is 55.9 Å². The molecule has 0 spiro atoms. The van der Waals surface area contributed by atoms with Gasteiger partial charge >= 0.3 is 0 Å². The summed E-state index contributed by atoms with van der Waals surface area (Å²) in [5, 5.41) is 0. The molecule has 1 atom stereocenters. The Morgan fingerprint density at radius 3 is 2.47 bits per heavy atom. The van der Waals surface area contributed by atoms with E-state index in [0.717, 1.165) is 5.75 Å². The number of fused-ring (bicyclic) bond motifs is 1. The van der Waals surface area contributed by atoms with Crippen molar-refractivity contribution in [2.75, 3.05) is 20.2 Å². The molecule has 0 aromatic heterocycles. The molecule has 1 saturated heterocycles. The summed E-state index contributed by atoms with van der Waals surface area (Å²) in [6.07, 6.45) is 9.57. The van der Waals surface area contributed by atoms with Crippen molar-refractivity contribution < 1.29 is 19.1 Å². The molecule has 3 aliphatic rings. The van der Waals surface area contributed by atoms with E-state index >= 15 is 0 Å². The highest BCUT2D eigenvalue weighted by Gasteiger charge is 2.34. The molecule has 2 aliphatic heterocycles. The summed E-state index contributed by atoms with van der Waals surface area (Å²) in [7, 11) is 1.60. The number of amides is 2. The molecule has 0 N–H and O–H groups in total. The molecule has 1 aliphatic carbocycles. The third-order valence-corrected chi connectivity index (χ3v) is 6.88. The molecule has 4 rings (SSSR count). The van der Waals surface area contributed by atoms with Crippen molar-refractivity contribution in [3.8, 4) is 5.75 Å². The van der Waals surface area contributed by atoms with Crippen molar-refractivity contribution in [3.05, 3.63) is 54.1 Å². The van der Waals surface area contributed by atoms with Crippen LogP contribution in [0, 0.1) is 17.3 Å². The number of methoxy groups -OCH3 is 1. The number of ether oxygens (including phenoxy) is 1. The Labute approximate surface area is 200 Å². The molecular weight excluding hydrogens is 430 g/mol. The Bertz CT molecular complexity index is 1090. The Morgan fingerprint density at radius 2 is 1.79 bits per heavy atom. The summed E-state index contributed by atoms with van der Waals surface area (Å²) in [6, 6.07) is 7.18. The van der Waals surface area contributed by atoms with Crippen LogP contribution in [0.3, 0.4) is 0 Å². The monoisotopic (exact) mass is 461 g/mol. The van der Waals surface area contributed by atoms with E-state index in [1.165, 1.54) is 0 Å². The molecule has 2 heterocycles. The van der Waals surface area contributed by atoms with Crippen LogP contribution in [0.1, 0.15) is 49.9 Å². The molecule has 2 amide bonds. The highest BCUT2D eigenvalue weighted by atomic mass is 16.5. The first-order valence-electron chi connectivity index (χ1n) is 11.8. The maximum atomic E-state index is 12.9. The van der Waals surface area contributed by atoms with Crippen LogP contribution < -0.4 is 4.74 Å². The highest BCUT2D eigenvalue weighted by molar-refractivity contribution is 6.22. The molecule has 0 radical (unpaired) electrons. The zero-order valence-electron chi connectivity index (χ0n) is 20.0. The maximum Gasteiger partial charge on any atom is 0.260 e. The van der Waals surface area contributed by atoms with E-state index in [-0.39, 0.29) is 23.5 Å². The van der Waals surface area contributed by atoms with Crippen LogP contribution in [0.5, 0.6) is 5.75 Å². The number of carbonyl (C=O) groups is 3. The molecular formula is C27H31N3O4. The topological polar surface area (TPSA) is 88.4 Å². The van der Waals surface area contributed by atoms with E-state index in [1.54, 1.807) is 37.5 Å². The van der Waals surface area contributed by atoms with E-state index in [4.69, 9.17) is 4.74 Å². The number of benzene rings is 1. The maximum absolute atomic E-state index is 12.9. The second kappa shape index (κ2) is 9.87. The number of aliphatic imine (C=N–C) groups is 2. The number of amidine groups is 1. The predicted molar refractivity (Wildman–Crippen MR) is 131 cm³/mol. The zero-order valence-corrected chi connectivity index (χ0v) is 20.0. The van der Waals surface area contributed by atoms with Gasteiger partial charge in [-0.25, -0.2) is 4.99 Å². The van der Waals surface area contributed by atoms with Gasteiger partial charge in [0.05, 0.1) is 12.8 Å². The summed E-state index contributed by atoms with van der Waals surface area (Å²) in [5.41, 5.74) is 0.892. The van der Waals surface area contributed by atoms with Crippen LogP contribution in [-0.2, 0) is 9.59 Å². The van der Waals surface area contributed by atoms with Gasteiger partial charge in [-0.05, 0) is 49.6 Å². The minimum atomic E-state index is -0.499. The van der Waals surface area contributed by atoms with E-state index in [2.05, 4.69) is 9.98 Å². The molecule has 7 heteroatoms. The average Bonchev–Trinajstić information content (AvgIpc) is 2.87. The molecule has 1 aromatic rings. The van der Waals surface area contributed by atoms with Crippen molar-refractivity contribution >= 4 is 29.1 Å². The van der Waals surface area contributed by atoms with Crippen LogP contribution in [0.4, 0.5) is 0 Å². The van der Waals surface area contributed by atoms with Gasteiger partial charge in [0, 0.05) is 36.4 Å². The van der Waals surface area contributed by atoms with Crippen LogP contribution in [0.15, 0.2) is 58.6 Å². The summed E-state index contributed by atoms with van der Waals surface area (Å²) in [5.74, 6) is 0.730. The number of likely N-dealkylation sites (tertiary alicyclic amines) is 1. The second-order valence-electron chi connectivity index (χ2n) is 9.66. The number of hydrogen-bond donors (Lipinski definition) is 0. The van der Waals surface area contributed by atoms with Gasteiger partial charge in [0.2, 0.25) is 5.91 Å². The quantitative estimate of drug-likeness (QED) is 0.573. The lowest BCUT2D eigenvalue weighted by Crippen LogP contribution is -2.41. The molecule has 0 saturated carbocycles. The molecule has 0 bridgehead atoms. The molecule has 178 valence electrons. The fourth-order valence-electron chi connectivity index (χ4n) is 4.54. The third kappa shape index (κ3) is 5.08. The Morgan fingerprint density at radius 1 is 1.09 bits per heavy atom. The van der Waals surface area contributed by atoms with Crippen molar-refractivity contribution in [2.24, 2.45) is 27.2 Å². The number of nitrogens with zero attached hydrogens (tertiary/aromatic N) is 3. The summed E-state index contributed by atoms with van der Waals surface area (Å²) < 4.78 is 5.16. The molecule has 1 unspecified atom stereocenters. The number of rotatable bonds is 7. The van der Waals surface area contributed by atoms with Gasteiger partial charge in [-0.3, -0.25) is 14.4 Å². The predicted octanol–water partition coefficient (Wildman–Crippen LogP) is 4.04. The van der Waals surface area contributed by atoms with Crippen molar-refractivity contribution in [2.45, 2.75) is 39.5 Å². The van der Waals surface area contributed by atoms with Crippen molar-refractivity contribution in [1.29, 1.82) is 0 Å². The number of Topliss-reactive ketones (excluding diaryl/α,β-unsaturated/α-hetero) is 1. The van der Waals surface area contributed by atoms with Gasteiger partial charge in [0.25, 0.3) is 5.91 Å². The van der Waals surface area contributed by atoms with Crippen LogP contribution in [-0.4, -0.2) is 54.2 Å². The minimum Gasteiger partial charge on any atom is -0.497 e. The lowest BCUT2D eigenvalue weighted by atomic mass is 9.84. The number of carbonyl (C=O) groups excluding carboxylic acids is 3. The van der Waals surface area contributed by atoms with E-state index in [1.807, 2.05) is 37.0 Å². The van der Waals surface area contributed by atoms with Gasteiger partial charge in [-0.1, -0.05) is 32.1 Å². The van der Waals surface area contributed by atoms with Gasteiger partial charge in [0.1, 0.15) is 17.5 Å². The number of hydrogen-bond acceptors (Lipinski definition) is 5. The number of piperidine rings is 1. The third-order valence-electron chi connectivity index (χ3n) is 6.88. The van der Waals surface area contributed by atoms with Gasteiger partial charge < -0.3 is 9.64 Å². The first-order valence-corrected chi connectivity index (χ1v) is 11.8. The van der Waals surface area contributed by atoms with Crippen molar-refractivity contribution in [3.63, 3.8) is 0 Å². The van der Waals surface area contributed by atoms with Crippen LogP contribution in [0.2, 0.25) is 0 Å². The standard InChI is InChI=1S/C27H31N3O4/c1-27(2,26-28-22-7-5-4-6-21(22)25(33)29-26)15-12-23(31)30-16-13-19(14-17-30)24(32)18-8-10-20(34-3)11-9-18/h4-11,19,21H,12-17H2,1-3H3. The fourth-order valence-corrected chi connectivity index (χ4v) is 4.54. The summed E-state index contributed by atoms with van der Waals surface area (Å²) >= 11 is 0. The average molecular weight is 462 g/mol. The van der Waals surface area contributed by atoms with Crippen LogP contribution in [0.25, 0.3) is 0 Å². The Kier molecular flexibility index (Phi) is 6.91. The fraction of sp³-hybridized carbons (Fsp3) is 0.444. The molecule has 1 aromatic carbocycles. The smallest absolute Gasteiger partial charge is 0.260 e. The zero-order chi connectivity index (χ0) is 24.3. The van der Waals surface area contributed by atoms with E-state index in [9.17, 15) is 14.4 Å². The molecule has 1 fully saturated rings. The van der Waals surface area contributed by atoms with Gasteiger partial charge in [-0.2, -0.15) is 4.99 Å². The first kappa shape index (κ1) is 23.8. The van der Waals surface area contributed by atoms with Crippen LogP contribution >= 0.6 is 0 Å². The molecule has 34 heavy (non-hydrogen) atoms. The number of ketones is 1. The van der Waals surface area contributed by atoms with Gasteiger partial charge in [0.15, 0.2) is 5.78 Å². The normalized spacial score (nSPS) is 20.5. The summed E-state index contributed by atoms with van der Waals surface area (Å²) in [6.45, 7) is 5.09. The highest BCUT2D eigenvalue weighted by Crippen LogP contribution is 2.30.